The van der Waals surface area contributed by atoms with Crippen molar-refractivity contribution in [2.24, 2.45) is 0 Å². The fourth-order valence-electron chi connectivity index (χ4n) is 3.88. The lowest BCUT2D eigenvalue weighted by Crippen LogP contribution is -2.39. The Bertz CT molecular complexity index is 1250. The molecule has 1 fully saturated rings. The van der Waals surface area contributed by atoms with E-state index < -0.39 is 0 Å². The van der Waals surface area contributed by atoms with Crippen LogP contribution in [0.1, 0.15) is 29.6 Å². The number of fused-ring (bicyclic) bond motifs is 1. The van der Waals surface area contributed by atoms with Gasteiger partial charge in [0.1, 0.15) is 0 Å². The molecule has 5 rings (SSSR count). The zero-order chi connectivity index (χ0) is 19.8. The predicted octanol–water partition coefficient (Wildman–Crippen LogP) is 4.47. The fraction of sp³-hybridized carbons (Fsp3) is 0.167. The molecule has 1 aliphatic carbocycles. The summed E-state index contributed by atoms with van der Waals surface area (Å²) in [6.07, 6.45) is 4.90. The molecular formula is C24H21N3O2. The molecular weight excluding hydrogens is 362 g/mol. The summed E-state index contributed by atoms with van der Waals surface area (Å²) in [5, 5.41) is 4.03. The van der Waals surface area contributed by atoms with Crippen molar-refractivity contribution in [1.29, 1.82) is 0 Å². The van der Waals surface area contributed by atoms with E-state index in [1.807, 2.05) is 54.6 Å². The summed E-state index contributed by atoms with van der Waals surface area (Å²) in [6.45, 7) is 0. The highest BCUT2D eigenvalue weighted by molar-refractivity contribution is 6.07. The quantitative estimate of drug-likeness (QED) is 0.486. The first-order valence-electron chi connectivity index (χ1n) is 9.91. The minimum Gasteiger partial charge on any atom is -0.354 e. The van der Waals surface area contributed by atoms with Crippen molar-refractivity contribution in [1.82, 2.24) is 15.3 Å². The molecule has 0 saturated heterocycles. The van der Waals surface area contributed by atoms with Gasteiger partial charge in [0.15, 0.2) is 0 Å². The lowest BCUT2D eigenvalue weighted by molar-refractivity contribution is 0.0917. The Balaban J connectivity index is 1.70. The number of aromatic amines is 2. The molecule has 0 bridgehead atoms. The van der Waals surface area contributed by atoms with Crippen molar-refractivity contribution in [3.8, 4) is 22.4 Å². The lowest BCUT2D eigenvalue weighted by Gasteiger charge is -2.26. The summed E-state index contributed by atoms with van der Waals surface area (Å²) in [5.41, 5.74) is 4.62. The summed E-state index contributed by atoms with van der Waals surface area (Å²) in [7, 11) is 0. The highest BCUT2D eigenvalue weighted by atomic mass is 16.1. The summed E-state index contributed by atoms with van der Waals surface area (Å²) < 4.78 is 0. The van der Waals surface area contributed by atoms with Gasteiger partial charge in [-0.1, -0.05) is 30.3 Å². The Morgan fingerprint density at radius 2 is 1.83 bits per heavy atom. The van der Waals surface area contributed by atoms with Gasteiger partial charge in [0.05, 0.1) is 11.3 Å². The van der Waals surface area contributed by atoms with E-state index in [-0.39, 0.29) is 17.5 Å². The number of H-pyrrole nitrogens is 2. The van der Waals surface area contributed by atoms with E-state index in [0.717, 1.165) is 40.6 Å². The molecule has 2 aromatic carbocycles. The first kappa shape index (κ1) is 17.5. The van der Waals surface area contributed by atoms with Gasteiger partial charge in [-0.05, 0) is 55.2 Å². The predicted molar refractivity (Wildman–Crippen MR) is 115 cm³/mol. The summed E-state index contributed by atoms with van der Waals surface area (Å²) in [6, 6.07) is 19.5. The maximum Gasteiger partial charge on any atom is 0.257 e. The van der Waals surface area contributed by atoms with Crippen LogP contribution in [0.4, 0.5) is 0 Å². The van der Waals surface area contributed by atoms with E-state index in [9.17, 15) is 9.59 Å². The van der Waals surface area contributed by atoms with Crippen LogP contribution in [0.2, 0.25) is 0 Å². The normalized spacial score (nSPS) is 13.9. The number of hydrogen-bond acceptors (Lipinski definition) is 2. The number of nitrogens with one attached hydrogen (secondary N) is 3. The van der Waals surface area contributed by atoms with Crippen LogP contribution >= 0.6 is 0 Å². The van der Waals surface area contributed by atoms with Gasteiger partial charge in [-0.3, -0.25) is 9.59 Å². The smallest absolute Gasteiger partial charge is 0.257 e. The van der Waals surface area contributed by atoms with Crippen LogP contribution in [0.5, 0.6) is 0 Å². The van der Waals surface area contributed by atoms with Gasteiger partial charge < -0.3 is 15.3 Å². The molecule has 1 saturated carbocycles. The molecule has 5 heteroatoms. The van der Waals surface area contributed by atoms with Gasteiger partial charge in [0, 0.05) is 34.3 Å². The minimum absolute atomic E-state index is 0.0454. The largest absolute Gasteiger partial charge is 0.354 e. The molecule has 4 aromatic rings. The van der Waals surface area contributed by atoms with Crippen molar-refractivity contribution in [3.05, 3.63) is 82.8 Å². The third-order valence-corrected chi connectivity index (χ3v) is 5.65. The molecule has 0 unspecified atom stereocenters. The van der Waals surface area contributed by atoms with Crippen LogP contribution in [0.25, 0.3) is 33.3 Å². The van der Waals surface area contributed by atoms with Gasteiger partial charge in [0.2, 0.25) is 0 Å². The molecule has 0 radical (unpaired) electrons. The highest BCUT2D eigenvalue weighted by Crippen LogP contribution is 2.37. The second-order valence-corrected chi connectivity index (χ2v) is 7.52. The Kier molecular flexibility index (Phi) is 4.28. The van der Waals surface area contributed by atoms with Crippen LogP contribution in [0, 0.1) is 0 Å². The zero-order valence-electron chi connectivity index (χ0n) is 15.9. The van der Waals surface area contributed by atoms with Gasteiger partial charge in [0.25, 0.3) is 11.5 Å². The monoisotopic (exact) mass is 383 g/mol. The minimum atomic E-state index is -0.154. The molecule has 5 nitrogen and oxygen atoms in total. The van der Waals surface area contributed by atoms with Crippen LogP contribution in [-0.4, -0.2) is 21.9 Å². The number of aromatic nitrogens is 2. The average Bonchev–Trinajstić information content (AvgIpc) is 3.10. The average molecular weight is 383 g/mol. The number of amides is 1. The molecule has 2 heterocycles. The Morgan fingerprint density at radius 1 is 1.00 bits per heavy atom. The number of hydrogen-bond donors (Lipinski definition) is 3. The Labute approximate surface area is 167 Å². The third-order valence-electron chi connectivity index (χ3n) is 5.65. The molecule has 0 aliphatic heterocycles. The Hall–Kier alpha value is -3.60. The van der Waals surface area contributed by atoms with Crippen LogP contribution in [0.3, 0.4) is 0 Å². The molecule has 144 valence electrons. The standard InChI is InChI=1S/C24H21N3O2/c28-23(26-17-8-4-9-17)16-11-12-20-19(14-16)21(15-6-2-1-3-7-15)22(27-20)18-10-5-13-25-24(18)29/h1-3,5-7,10-14,17,27H,4,8-9H2,(H,25,29)(H,26,28). The van der Waals surface area contributed by atoms with Gasteiger partial charge in [-0.2, -0.15) is 0 Å². The molecule has 2 aromatic heterocycles. The maximum absolute atomic E-state index is 12.7. The van der Waals surface area contributed by atoms with Crippen LogP contribution in [-0.2, 0) is 0 Å². The molecule has 29 heavy (non-hydrogen) atoms. The van der Waals surface area contributed by atoms with Crippen molar-refractivity contribution in [2.75, 3.05) is 0 Å². The number of benzene rings is 2. The van der Waals surface area contributed by atoms with Gasteiger partial charge >= 0.3 is 0 Å². The second kappa shape index (κ2) is 7.09. The van der Waals surface area contributed by atoms with E-state index in [2.05, 4.69) is 15.3 Å². The summed E-state index contributed by atoms with van der Waals surface area (Å²) in [4.78, 5) is 31.3. The van der Waals surface area contributed by atoms with Crippen molar-refractivity contribution in [2.45, 2.75) is 25.3 Å². The topological polar surface area (TPSA) is 77.8 Å². The van der Waals surface area contributed by atoms with E-state index in [4.69, 9.17) is 0 Å². The van der Waals surface area contributed by atoms with Gasteiger partial charge in [-0.15, -0.1) is 0 Å². The molecule has 1 amide bonds. The fourth-order valence-corrected chi connectivity index (χ4v) is 3.88. The third kappa shape index (κ3) is 3.14. The summed E-state index contributed by atoms with van der Waals surface area (Å²) >= 11 is 0. The zero-order valence-corrected chi connectivity index (χ0v) is 15.9. The molecule has 1 aliphatic rings. The number of pyridine rings is 1. The van der Waals surface area contributed by atoms with E-state index in [1.54, 1.807) is 12.3 Å². The first-order valence-corrected chi connectivity index (χ1v) is 9.91. The van der Waals surface area contributed by atoms with E-state index in [1.165, 1.54) is 6.42 Å². The Morgan fingerprint density at radius 3 is 2.55 bits per heavy atom. The lowest BCUT2D eigenvalue weighted by atomic mass is 9.92. The molecule has 3 N–H and O–H groups in total. The van der Waals surface area contributed by atoms with Crippen molar-refractivity contribution >= 4 is 16.8 Å². The van der Waals surface area contributed by atoms with Gasteiger partial charge in [-0.25, -0.2) is 0 Å². The molecule has 0 atom stereocenters. The SMILES string of the molecule is O=C(NC1CCC1)c1ccc2[nH]c(-c3ccc[nH]c3=O)c(-c3ccccc3)c2c1. The second-order valence-electron chi connectivity index (χ2n) is 7.52. The van der Waals surface area contributed by atoms with Crippen LogP contribution in [0.15, 0.2) is 71.7 Å². The first-order chi connectivity index (χ1) is 14.2. The summed E-state index contributed by atoms with van der Waals surface area (Å²) in [5.74, 6) is -0.0454. The molecule has 0 spiro atoms. The van der Waals surface area contributed by atoms with E-state index >= 15 is 0 Å². The van der Waals surface area contributed by atoms with Crippen molar-refractivity contribution in [3.63, 3.8) is 0 Å². The maximum atomic E-state index is 12.7. The highest BCUT2D eigenvalue weighted by Gasteiger charge is 2.22. The number of carbonyl (C=O) groups excluding carboxylic acids is 1. The van der Waals surface area contributed by atoms with Crippen LogP contribution < -0.4 is 10.9 Å². The number of rotatable bonds is 4. The number of carbonyl (C=O) groups is 1. The van der Waals surface area contributed by atoms with E-state index in [0.29, 0.717) is 11.1 Å². The van der Waals surface area contributed by atoms with Crippen molar-refractivity contribution < 1.29 is 4.79 Å².